The van der Waals surface area contributed by atoms with Gasteiger partial charge in [0.1, 0.15) is 5.78 Å². The molecule has 158 valence electrons. The Labute approximate surface area is 172 Å². The molecule has 1 aromatic rings. The Kier molecular flexibility index (Phi) is 8.57. The van der Waals surface area contributed by atoms with E-state index >= 15 is 0 Å². The summed E-state index contributed by atoms with van der Waals surface area (Å²) in [6, 6.07) is 0. The first-order chi connectivity index (χ1) is 13.6. The monoisotopic (exact) mass is 387 g/mol. The molecule has 0 atom stereocenters. The van der Waals surface area contributed by atoms with Gasteiger partial charge in [0.2, 0.25) is 0 Å². The highest BCUT2D eigenvalue weighted by molar-refractivity contribution is 5.78. The van der Waals surface area contributed by atoms with Gasteiger partial charge in [-0.05, 0) is 95.3 Å². The van der Waals surface area contributed by atoms with E-state index in [2.05, 4.69) is 27.8 Å². The molecular weight excluding hydrogens is 346 g/mol. The van der Waals surface area contributed by atoms with Gasteiger partial charge in [-0.15, -0.1) is 0 Å². The largest absolute Gasteiger partial charge is 0.303 e. The number of ketones is 1. The summed E-state index contributed by atoms with van der Waals surface area (Å²) in [6.07, 6.45) is 18.3. The van der Waals surface area contributed by atoms with Crippen LogP contribution >= 0.6 is 0 Å². The molecule has 3 rings (SSSR count). The maximum absolute atomic E-state index is 11.5. The second kappa shape index (κ2) is 11.1. The van der Waals surface area contributed by atoms with Gasteiger partial charge in [0.25, 0.3) is 0 Å². The average molecular weight is 388 g/mol. The zero-order valence-corrected chi connectivity index (χ0v) is 18.2. The van der Waals surface area contributed by atoms with E-state index in [-0.39, 0.29) is 0 Å². The number of unbranched alkanes of at least 4 members (excludes halogenated alkanes) is 2. The topological polar surface area (TPSA) is 38.1 Å². The van der Waals surface area contributed by atoms with E-state index < -0.39 is 0 Å². The molecule has 1 saturated heterocycles. The fraction of sp³-hybridized carbons (Fsp3) is 0.833. The van der Waals surface area contributed by atoms with Crippen molar-refractivity contribution in [3.8, 4) is 0 Å². The van der Waals surface area contributed by atoms with Crippen LogP contribution in [0, 0.1) is 17.8 Å². The lowest BCUT2D eigenvalue weighted by Crippen LogP contribution is -2.35. The number of carbonyl (C=O) groups excluding carboxylic acids is 1. The molecule has 0 aromatic carbocycles. The molecule has 1 aliphatic heterocycles. The first kappa shape index (κ1) is 21.5. The molecule has 2 aliphatic rings. The number of Topliss-reactive ketones (excluding diaryl/α,β-unsaturated/α-hetero) is 1. The quantitative estimate of drug-likeness (QED) is 0.523. The minimum absolute atomic E-state index is 0.376. The minimum Gasteiger partial charge on any atom is -0.303 e. The van der Waals surface area contributed by atoms with Crippen molar-refractivity contribution in [2.24, 2.45) is 17.8 Å². The van der Waals surface area contributed by atoms with Crippen molar-refractivity contribution >= 4 is 5.78 Å². The van der Waals surface area contributed by atoms with Crippen LogP contribution in [0.1, 0.15) is 83.6 Å². The summed E-state index contributed by atoms with van der Waals surface area (Å²) in [5, 5.41) is 4.51. The predicted octanol–water partition coefficient (Wildman–Crippen LogP) is 5.11. The molecule has 0 spiro atoms. The third-order valence-corrected chi connectivity index (χ3v) is 7.26. The number of aromatic nitrogens is 2. The van der Waals surface area contributed by atoms with Crippen LogP contribution in [0.5, 0.6) is 0 Å². The average Bonchev–Trinajstić information content (AvgIpc) is 3.17. The molecule has 4 heteroatoms. The van der Waals surface area contributed by atoms with Crippen LogP contribution in [0.2, 0.25) is 0 Å². The number of rotatable bonds is 10. The number of piperidine rings is 1. The van der Waals surface area contributed by atoms with Crippen LogP contribution in [0.15, 0.2) is 12.4 Å². The van der Waals surface area contributed by atoms with Crippen LogP contribution in [0.25, 0.3) is 0 Å². The fourth-order valence-electron chi connectivity index (χ4n) is 5.15. The maximum atomic E-state index is 11.5. The lowest BCUT2D eigenvalue weighted by Gasteiger charge is -2.32. The molecule has 2 fully saturated rings. The highest BCUT2D eigenvalue weighted by Crippen LogP contribution is 2.32. The Bertz CT molecular complexity index is 580. The van der Waals surface area contributed by atoms with Gasteiger partial charge in [-0.3, -0.25) is 9.48 Å². The van der Waals surface area contributed by atoms with Gasteiger partial charge in [0, 0.05) is 18.7 Å². The lowest BCUT2D eigenvalue weighted by molar-refractivity contribution is -0.121. The molecule has 1 aromatic heterocycles. The SMILES string of the molecule is CCc1cnn(CC2CCN(CCCCCC3CCC(C(C)=O)CC3)CC2)c1. The van der Waals surface area contributed by atoms with Crippen molar-refractivity contribution in [1.82, 2.24) is 14.7 Å². The first-order valence-electron chi connectivity index (χ1n) is 11.9. The van der Waals surface area contributed by atoms with Gasteiger partial charge >= 0.3 is 0 Å². The number of aryl methyl sites for hydroxylation is 1. The van der Waals surface area contributed by atoms with Gasteiger partial charge in [-0.1, -0.05) is 26.2 Å². The lowest BCUT2D eigenvalue weighted by atomic mass is 9.78. The summed E-state index contributed by atoms with van der Waals surface area (Å²) in [4.78, 5) is 14.1. The maximum Gasteiger partial charge on any atom is 0.132 e. The van der Waals surface area contributed by atoms with Crippen LogP contribution in [0.3, 0.4) is 0 Å². The number of hydrogen-bond donors (Lipinski definition) is 0. The summed E-state index contributed by atoms with van der Waals surface area (Å²) in [6.45, 7) is 8.88. The van der Waals surface area contributed by atoms with Crippen LogP contribution < -0.4 is 0 Å². The molecule has 0 N–H and O–H groups in total. The van der Waals surface area contributed by atoms with Crippen molar-refractivity contribution in [2.75, 3.05) is 19.6 Å². The van der Waals surface area contributed by atoms with Crippen molar-refractivity contribution < 1.29 is 4.79 Å². The van der Waals surface area contributed by atoms with E-state index in [1.807, 2.05) is 6.20 Å². The van der Waals surface area contributed by atoms with E-state index in [0.29, 0.717) is 11.7 Å². The van der Waals surface area contributed by atoms with Crippen LogP contribution in [-0.4, -0.2) is 40.1 Å². The molecule has 0 unspecified atom stereocenters. The summed E-state index contributed by atoms with van der Waals surface area (Å²) >= 11 is 0. The smallest absolute Gasteiger partial charge is 0.132 e. The van der Waals surface area contributed by atoms with Gasteiger partial charge in [-0.2, -0.15) is 5.10 Å². The molecule has 4 nitrogen and oxygen atoms in total. The molecule has 1 aliphatic carbocycles. The number of hydrogen-bond acceptors (Lipinski definition) is 3. The second-order valence-corrected chi connectivity index (χ2v) is 9.39. The number of likely N-dealkylation sites (tertiary alicyclic amines) is 1. The van der Waals surface area contributed by atoms with Gasteiger partial charge in [-0.25, -0.2) is 0 Å². The van der Waals surface area contributed by atoms with Crippen molar-refractivity contribution in [2.45, 2.75) is 91.0 Å². The molecule has 0 bridgehead atoms. The second-order valence-electron chi connectivity index (χ2n) is 9.39. The predicted molar refractivity (Wildman–Crippen MR) is 115 cm³/mol. The van der Waals surface area contributed by atoms with E-state index in [4.69, 9.17) is 0 Å². The third kappa shape index (κ3) is 6.72. The highest BCUT2D eigenvalue weighted by Gasteiger charge is 2.23. The Morgan fingerprint density at radius 1 is 1.04 bits per heavy atom. The Morgan fingerprint density at radius 3 is 2.43 bits per heavy atom. The van der Waals surface area contributed by atoms with E-state index in [9.17, 15) is 4.79 Å². The molecule has 0 radical (unpaired) electrons. The first-order valence-corrected chi connectivity index (χ1v) is 11.9. The third-order valence-electron chi connectivity index (χ3n) is 7.26. The standard InChI is InChI=1S/C24H41N3O/c1-3-21-17-25-27(18-21)19-23-12-15-26(16-13-23)14-6-4-5-7-22-8-10-24(11-9-22)20(2)28/h17-18,22-24H,3-16,19H2,1-2H3. The zero-order valence-electron chi connectivity index (χ0n) is 18.2. The summed E-state index contributed by atoms with van der Waals surface area (Å²) in [5.41, 5.74) is 1.35. The highest BCUT2D eigenvalue weighted by atomic mass is 16.1. The Balaban J connectivity index is 1.21. The molecule has 2 heterocycles. The molecular formula is C24H41N3O. The fourth-order valence-corrected chi connectivity index (χ4v) is 5.15. The summed E-state index contributed by atoms with van der Waals surface area (Å²) in [7, 11) is 0. The number of carbonyl (C=O) groups is 1. The van der Waals surface area contributed by atoms with E-state index in [1.165, 1.54) is 76.6 Å². The van der Waals surface area contributed by atoms with E-state index in [1.54, 1.807) is 6.92 Å². The van der Waals surface area contributed by atoms with Crippen LogP contribution in [-0.2, 0) is 17.8 Å². The van der Waals surface area contributed by atoms with Gasteiger partial charge in [0.05, 0.1) is 6.20 Å². The van der Waals surface area contributed by atoms with Crippen molar-refractivity contribution in [3.05, 3.63) is 18.0 Å². The van der Waals surface area contributed by atoms with Crippen LogP contribution in [0.4, 0.5) is 0 Å². The molecule has 0 amide bonds. The summed E-state index contributed by atoms with van der Waals surface area (Å²) < 4.78 is 2.16. The van der Waals surface area contributed by atoms with Crippen molar-refractivity contribution in [1.29, 1.82) is 0 Å². The zero-order chi connectivity index (χ0) is 19.8. The molecule has 28 heavy (non-hydrogen) atoms. The molecule has 1 saturated carbocycles. The number of nitrogens with zero attached hydrogens (tertiary/aromatic N) is 3. The Hall–Kier alpha value is -1.16. The van der Waals surface area contributed by atoms with Gasteiger partial charge < -0.3 is 4.90 Å². The normalized spacial score (nSPS) is 24.5. The Morgan fingerprint density at radius 2 is 1.79 bits per heavy atom. The van der Waals surface area contributed by atoms with Gasteiger partial charge in [0.15, 0.2) is 0 Å². The van der Waals surface area contributed by atoms with Crippen molar-refractivity contribution in [3.63, 3.8) is 0 Å². The summed E-state index contributed by atoms with van der Waals surface area (Å²) in [5.74, 6) is 2.48. The van der Waals surface area contributed by atoms with E-state index in [0.717, 1.165) is 37.6 Å². The minimum atomic E-state index is 0.376.